The molecule has 1 nitrogen and oxygen atoms in total. The van der Waals surface area contributed by atoms with Gasteiger partial charge in [0.05, 0.1) is 0 Å². The first-order valence-electron chi connectivity index (χ1n) is 4.84. The zero-order valence-corrected chi connectivity index (χ0v) is 7.86. The Hall–Kier alpha value is -1.11. The second-order valence-corrected chi connectivity index (χ2v) is 3.82. The number of aldehydes is 1. The molecule has 0 aromatic heterocycles. The quantitative estimate of drug-likeness (QED) is 0.643. The van der Waals surface area contributed by atoms with E-state index in [-0.39, 0.29) is 11.3 Å². The van der Waals surface area contributed by atoms with Crippen LogP contribution in [0.3, 0.4) is 0 Å². The summed E-state index contributed by atoms with van der Waals surface area (Å²) in [6.45, 7) is 2.16. The van der Waals surface area contributed by atoms with E-state index in [0.717, 1.165) is 19.1 Å². The minimum atomic E-state index is 0.184. The first kappa shape index (κ1) is 8.49. The topological polar surface area (TPSA) is 17.1 Å². The van der Waals surface area contributed by atoms with E-state index in [4.69, 9.17) is 0 Å². The van der Waals surface area contributed by atoms with Crippen molar-refractivity contribution in [1.29, 1.82) is 0 Å². The van der Waals surface area contributed by atoms with Crippen molar-refractivity contribution < 1.29 is 4.79 Å². The molecule has 0 N–H and O–H groups in total. The van der Waals surface area contributed by atoms with E-state index in [1.807, 2.05) is 18.2 Å². The highest BCUT2D eigenvalue weighted by Gasteiger charge is 2.53. The highest BCUT2D eigenvalue weighted by molar-refractivity contribution is 5.64. The van der Waals surface area contributed by atoms with Gasteiger partial charge >= 0.3 is 0 Å². The van der Waals surface area contributed by atoms with E-state index < -0.39 is 0 Å². The smallest absolute Gasteiger partial charge is 0.123 e. The van der Waals surface area contributed by atoms with Crippen molar-refractivity contribution in [2.45, 2.75) is 25.2 Å². The van der Waals surface area contributed by atoms with Gasteiger partial charge in [-0.2, -0.15) is 0 Å². The molecule has 0 aliphatic heterocycles. The van der Waals surface area contributed by atoms with Crippen molar-refractivity contribution >= 4 is 6.29 Å². The van der Waals surface area contributed by atoms with Gasteiger partial charge in [-0.05, 0) is 18.4 Å². The summed E-state index contributed by atoms with van der Waals surface area (Å²) in [6, 6.07) is 10.4. The Morgan fingerprint density at radius 1 is 1.46 bits per heavy atom. The highest BCUT2D eigenvalue weighted by atomic mass is 16.1. The van der Waals surface area contributed by atoms with E-state index in [9.17, 15) is 4.79 Å². The van der Waals surface area contributed by atoms with Gasteiger partial charge in [-0.3, -0.25) is 0 Å². The van der Waals surface area contributed by atoms with Gasteiger partial charge in [0, 0.05) is 11.3 Å². The van der Waals surface area contributed by atoms with Crippen LogP contribution in [0.1, 0.15) is 25.3 Å². The van der Waals surface area contributed by atoms with Crippen LogP contribution in [0.25, 0.3) is 0 Å². The summed E-state index contributed by atoms with van der Waals surface area (Å²) in [4.78, 5) is 10.7. The largest absolute Gasteiger partial charge is 0.303 e. The predicted octanol–water partition coefficient (Wildman–Crippen LogP) is 2.55. The fourth-order valence-electron chi connectivity index (χ4n) is 2.22. The van der Waals surface area contributed by atoms with Crippen LogP contribution in [0, 0.1) is 5.92 Å². The summed E-state index contributed by atoms with van der Waals surface area (Å²) in [5.74, 6) is 0.264. The molecule has 0 radical (unpaired) electrons. The average molecular weight is 174 g/mol. The monoisotopic (exact) mass is 174 g/mol. The van der Waals surface area contributed by atoms with Crippen molar-refractivity contribution in [3.8, 4) is 0 Å². The van der Waals surface area contributed by atoms with Gasteiger partial charge in [-0.25, -0.2) is 0 Å². The molecule has 1 aromatic rings. The molecular formula is C12H14O. The Morgan fingerprint density at radius 2 is 2.15 bits per heavy atom. The van der Waals surface area contributed by atoms with Crippen LogP contribution in [-0.4, -0.2) is 6.29 Å². The molecule has 2 atom stereocenters. The fourth-order valence-corrected chi connectivity index (χ4v) is 2.22. The van der Waals surface area contributed by atoms with Crippen LogP contribution in [0.2, 0.25) is 0 Å². The second-order valence-electron chi connectivity index (χ2n) is 3.82. The summed E-state index contributed by atoms with van der Waals surface area (Å²) in [5.41, 5.74) is 1.51. The van der Waals surface area contributed by atoms with Crippen LogP contribution < -0.4 is 0 Å². The van der Waals surface area contributed by atoms with E-state index in [0.29, 0.717) is 0 Å². The maximum atomic E-state index is 10.7. The molecule has 0 spiro atoms. The fraction of sp³-hybridized carbons (Fsp3) is 0.417. The van der Waals surface area contributed by atoms with Crippen LogP contribution in [0.5, 0.6) is 0 Å². The van der Waals surface area contributed by atoms with Crippen molar-refractivity contribution in [2.75, 3.05) is 0 Å². The lowest BCUT2D eigenvalue weighted by Gasteiger charge is -2.13. The highest BCUT2D eigenvalue weighted by Crippen LogP contribution is 2.55. The van der Waals surface area contributed by atoms with Crippen molar-refractivity contribution in [1.82, 2.24) is 0 Å². The molecule has 1 aromatic carbocycles. The third kappa shape index (κ3) is 1.19. The maximum absolute atomic E-state index is 10.7. The summed E-state index contributed by atoms with van der Waals surface area (Å²) in [5, 5.41) is 0. The molecule has 0 bridgehead atoms. The van der Waals surface area contributed by atoms with Crippen molar-refractivity contribution in [3.05, 3.63) is 35.9 Å². The van der Waals surface area contributed by atoms with E-state index >= 15 is 0 Å². The van der Waals surface area contributed by atoms with Crippen molar-refractivity contribution in [3.63, 3.8) is 0 Å². The molecular weight excluding hydrogens is 160 g/mol. The van der Waals surface area contributed by atoms with Gasteiger partial charge in [0.2, 0.25) is 0 Å². The van der Waals surface area contributed by atoms with Gasteiger partial charge in [0.1, 0.15) is 6.29 Å². The second kappa shape index (κ2) is 2.99. The molecule has 0 amide bonds. The van der Waals surface area contributed by atoms with Crippen LogP contribution in [-0.2, 0) is 10.2 Å². The first-order chi connectivity index (χ1) is 6.33. The van der Waals surface area contributed by atoms with Crippen molar-refractivity contribution in [2.24, 2.45) is 5.92 Å². The summed E-state index contributed by atoms with van der Waals surface area (Å²) in [6.07, 6.45) is 3.22. The number of hydrogen-bond donors (Lipinski definition) is 0. The molecule has 13 heavy (non-hydrogen) atoms. The number of carbonyl (C=O) groups excluding carboxylic acids is 1. The lowest BCUT2D eigenvalue weighted by Crippen LogP contribution is -2.08. The van der Waals surface area contributed by atoms with E-state index in [2.05, 4.69) is 19.1 Å². The number of carbonyl (C=O) groups is 1. The Bertz CT molecular complexity index is 304. The number of benzene rings is 1. The Labute approximate surface area is 78.8 Å². The van der Waals surface area contributed by atoms with Gasteiger partial charge in [-0.15, -0.1) is 0 Å². The predicted molar refractivity (Wildman–Crippen MR) is 52.6 cm³/mol. The summed E-state index contributed by atoms with van der Waals surface area (Å²) in [7, 11) is 0. The minimum absolute atomic E-state index is 0.184. The van der Waals surface area contributed by atoms with Crippen LogP contribution >= 0.6 is 0 Å². The standard InChI is InChI=1S/C12H14O/c1-2-12(8-11(12)9-13)10-6-4-3-5-7-10/h3-7,9,11H,2,8H2,1H3. The Balaban J connectivity index is 2.30. The van der Waals surface area contributed by atoms with Gasteiger partial charge in [0.15, 0.2) is 0 Å². The third-order valence-electron chi connectivity index (χ3n) is 3.28. The van der Waals surface area contributed by atoms with Crippen LogP contribution in [0.15, 0.2) is 30.3 Å². The molecule has 2 rings (SSSR count). The number of hydrogen-bond acceptors (Lipinski definition) is 1. The molecule has 0 saturated heterocycles. The molecule has 0 heterocycles. The Kier molecular flexibility index (Phi) is 1.95. The molecule has 1 aliphatic rings. The normalized spacial score (nSPS) is 31.3. The Morgan fingerprint density at radius 3 is 2.62 bits per heavy atom. The van der Waals surface area contributed by atoms with Crippen LogP contribution in [0.4, 0.5) is 0 Å². The SMILES string of the molecule is CCC1(c2ccccc2)CC1C=O. The van der Waals surface area contributed by atoms with E-state index in [1.165, 1.54) is 5.56 Å². The van der Waals surface area contributed by atoms with Gasteiger partial charge in [-0.1, -0.05) is 37.3 Å². The zero-order chi connectivity index (χ0) is 9.31. The number of rotatable bonds is 3. The summed E-state index contributed by atoms with van der Waals surface area (Å²) < 4.78 is 0. The average Bonchev–Trinajstić information content (AvgIpc) is 2.94. The molecule has 2 unspecified atom stereocenters. The molecule has 68 valence electrons. The molecule has 1 fully saturated rings. The molecule has 1 saturated carbocycles. The first-order valence-corrected chi connectivity index (χ1v) is 4.84. The minimum Gasteiger partial charge on any atom is -0.303 e. The molecule has 1 heteroatoms. The maximum Gasteiger partial charge on any atom is 0.123 e. The van der Waals surface area contributed by atoms with Gasteiger partial charge < -0.3 is 4.79 Å². The third-order valence-corrected chi connectivity index (χ3v) is 3.28. The zero-order valence-electron chi connectivity index (χ0n) is 7.86. The van der Waals surface area contributed by atoms with E-state index in [1.54, 1.807) is 0 Å². The summed E-state index contributed by atoms with van der Waals surface area (Å²) >= 11 is 0. The molecule has 1 aliphatic carbocycles. The lowest BCUT2D eigenvalue weighted by atomic mass is 9.91. The lowest BCUT2D eigenvalue weighted by molar-refractivity contribution is -0.109. The van der Waals surface area contributed by atoms with Gasteiger partial charge in [0.25, 0.3) is 0 Å².